The maximum Gasteiger partial charge on any atom is 0.437 e. The second-order valence-electron chi connectivity index (χ2n) is 6.16. The highest BCUT2D eigenvalue weighted by Gasteiger charge is 2.14. The van der Waals surface area contributed by atoms with Gasteiger partial charge in [0.2, 0.25) is 5.91 Å². The summed E-state index contributed by atoms with van der Waals surface area (Å²) in [6.07, 6.45) is -0.0746. The van der Waals surface area contributed by atoms with Crippen LogP contribution in [-0.4, -0.2) is 31.8 Å². The van der Waals surface area contributed by atoms with E-state index in [-0.39, 0.29) is 24.6 Å². The fourth-order valence-corrected chi connectivity index (χ4v) is 3.25. The van der Waals surface area contributed by atoms with Crippen LogP contribution in [0.3, 0.4) is 0 Å². The van der Waals surface area contributed by atoms with Gasteiger partial charge in [-0.15, -0.1) is 16.4 Å². The van der Waals surface area contributed by atoms with E-state index < -0.39 is 17.6 Å². The first-order valence-electron chi connectivity index (χ1n) is 8.92. The van der Waals surface area contributed by atoms with Crippen LogP contribution in [0.4, 0.5) is 0 Å². The summed E-state index contributed by atoms with van der Waals surface area (Å²) in [7, 11) is 0. The predicted molar refractivity (Wildman–Crippen MR) is 108 cm³/mol. The van der Waals surface area contributed by atoms with Gasteiger partial charge in [0.25, 0.3) is 11.8 Å². The number of hydrogen-bond acceptors (Lipinski definition) is 7. The van der Waals surface area contributed by atoms with E-state index in [2.05, 4.69) is 26.1 Å². The second kappa shape index (κ2) is 8.57. The van der Waals surface area contributed by atoms with Gasteiger partial charge in [0.15, 0.2) is 0 Å². The van der Waals surface area contributed by atoms with Crippen LogP contribution in [-0.2, 0) is 11.3 Å². The van der Waals surface area contributed by atoms with Gasteiger partial charge >= 0.3 is 5.76 Å². The number of rotatable bonds is 6. The largest absolute Gasteiger partial charge is 0.437 e. The van der Waals surface area contributed by atoms with Crippen molar-refractivity contribution >= 4 is 23.2 Å². The van der Waals surface area contributed by atoms with E-state index >= 15 is 0 Å². The molecule has 2 amide bonds. The van der Waals surface area contributed by atoms with Crippen molar-refractivity contribution in [2.45, 2.75) is 13.0 Å². The summed E-state index contributed by atoms with van der Waals surface area (Å²) < 4.78 is 6.15. The molecule has 0 saturated carbocycles. The van der Waals surface area contributed by atoms with E-state index in [1.54, 1.807) is 12.1 Å². The van der Waals surface area contributed by atoms with Gasteiger partial charge in [0, 0.05) is 12.0 Å². The van der Waals surface area contributed by atoms with Gasteiger partial charge in [-0.25, -0.2) is 4.79 Å². The lowest BCUT2D eigenvalue weighted by Crippen LogP contribution is -2.42. The number of hydrogen-bond donors (Lipinski definition) is 3. The van der Waals surface area contributed by atoms with Crippen molar-refractivity contribution in [3.05, 3.63) is 70.2 Å². The first-order chi connectivity index (χ1) is 14.6. The summed E-state index contributed by atoms with van der Waals surface area (Å²) in [5.74, 6) is -1.48. The van der Waals surface area contributed by atoms with Crippen molar-refractivity contribution in [3.63, 3.8) is 0 Å². The number of aryl methyl sites for hydroxylation is 1. The number of carbonyl (C=O) groups is 2. The summed E-state index contributed by atoms with van der Waals surface area (Å²) in [6.45, 7) is 0.0115. The molecule has 4 rings (SSSR count). The summed E-state index contributed by atoms with van der Waals surface area (Å²) in [5, 5.41) is 12.6. The topological polar surface area (TPSA) is 135 Å². The van der Waals surface area contributed by atoms with E-state index in [9.17, 15) is 14.4 Å². The molecule has 4 aromatic rings. The number of hydrazine groups is 1. The monoisotopic (exact) mass is 424 g/mol. The number of H-pyrrole nitrogens is 1. The SMILES string of the molecule is O=C(CCn1nc(-c2cccs2)oc1=O)NNC(=O)c1cc(-c2ccccc2)n[nH]1. The number of carbonyl (C=O) groups excluding carboxylic acids is 2. The van der Waals surface area contributed by atoms with Crippen molar-refractivity contribution in [1.82, 2.24) is 30.8 Å². The Bertz CT molecular complexity index is 1210. The van der Waals surface area contributed by atoms with E-state index in [1.807, 2.05) is 41.8 Å². The van der Waals surface area contributed by atoms with Crippen LogP contribution in [0.2, 0.25) is 0 Å². The van der Waals surface area contributed by atoms with Gasteiger partial charge in [-0.1, -0.05) is 36.4 Å². The summed E-state index contributed by atoms with van der Waals surface area (Å²) in [6, 6.07) is 14.5. The molecule has 3 aromatic heterocycles. The number of nitrogens with one attached hydrogen (secondary N) is 3. The second-order valence-corrected chi connectivity index (χ2v) is 7.11. The van der Waals surface area contributed by atoms with Gasteiger partial charge in [-0.2, -0.15) is 9.78 Å². The first-order valence-corrected chi connectivity index (χ1v) is 9.80. The average molecular weight is 424 g/mol. The van der Waals surface area contributed by atoms with Crippen LogP contribution < -0.4 is 16.6 Å². The molecule has 10 nitrogen and oxygen atoms in total. The van der Waals surface area contributed by atoms with E-state index in [0.29, 0.717) is 5.69 Å². The van der Waals surface area contributed by atoms with Crippen LogP contribution >= 0.6 is 11.3 Å². The third-order valence-electron chi connectivity index (χ3n) is 4.10. The molecule has 0 atom stereocenters. The Morgan fingerprint density at radius 2 is 1.97 bits per heavy atom. The third-order valence-corrected chi connectivity index (χ3v) is 4.95. The Kier molecular flexibility index (Phi) is 5.52. The smallest absolute Gasteiger partial charge is 0.387 e. The highest BCUT2D eigenvalue weighted by Crippen LogP contribution is 2.21. The lowest BCUT2D eigenvalue weighted by Gasteiger charge is -2.05. The van der Waals surface area contributed by atoms with Crippen LogP contribution in [0.1, 0.15) is 16.9 Å². The zero-order valence-corrected chi connectivity index (χ0v) is 16.3. The molecule has 0 fully saturated rings. The maximum absolute atomic E-state index is 12.2. The van der Waals surface area contributed by atoms with Crippen molar-refractivity contribution < 1.29 is 14.0 Å². The standard InChI is InChI=1S/C19H16N6O4S/c26-16(8-9-25-19(28)29-18(24-25)15-7-4-10-30-15)22-23-17(27)14-11-13(20-21-14)12-5-2-1-3-6-12/h1-7,10-11H,8-9H2,(H,20,21)(H,22,26)(H,23,27). The number of aromatic amines is 1. The van der Waals surface area contributed by atoms with E-state index in [4.69, 9.17) is 4.42 Å². The van der Waals surface area contributed by atoms with Gasteiger partial charge in [0.1, 0.15) is 5.69 Å². The first kappa shape index (κ1) is 19.3. The third kappa shape index (κ3) is 4.36. The molecule has 1 aromatic carbocycles. The Morgan fingerprint density at radius 1 is 1.13 bits per heavy atom. The van der Waals surface area contributed by atoms with Crippen molar-refractivity contribution in [1.29, 1.82) is 0 Å². The fraction of sp³-hybridized carbons (Fsp3) is 0.105. The van der Waals surface area contributed by atoms with Crippen molar-refractivity contribution in [3.8, 4) is 22.0 Å². The molecule has 11 heteroatoms. The quantitative estimate of drug-likeness (QED) is 0.404. The highest BCUT2D eigenvalue weighted by atomic mass is 32.1. The summed E-state index contributed by atoms with van der Waals surface area (Å²) in [4.78, 5) is 36.7. The number of amides is 2. The van der Waals surface area contributed by atoms with Crippen molar-refractivity contribution in [2.75, 3.05) is 0 Å². The van der Waals surface area contributed by atoms with Gasteiger partial charge in [-0.05, 0) is 17.5 Å². The minimum Gasteiger partial charge on any atom is -0.387 e. The Hall–Kier alpha value is -3.99. The highest BCUT2D eigenvalue weighted by molar-refractivity contribution is 7.13. The zero-order chi connectivity index (χ0) is 20.9. The molecule has 0 aliphatic carbocycles. The molecule has 3 N–H and O–H groups in total. The van der Waals surface area contributed by atoms with Gasteiger partial charge in [0.05, 0.1) is 17.1 Å². The van der Waals surface area contributed by atoms with Crippen molar-refractivity contribution in [2.24, 2.45) is 0 Å². The summed E-state index contributed by atoms with van der Waals surface area (Å²) >= 11 is 1.39. The molecule has 3 heterocycles. The maximum atomic E-state index is 12.2. The van der Waals surface area contributed by atoms with Gasteiger partial charge < -0.3 is 4.42 Å². The van der Waals surface area contributed by atoms with Crippen LogP contribution in [0.15, 0.2) is 63.1 Å². The minimum atomic E-state index is -0.652. The normalized spacial score (nSPS) is 10.7. The molecule has 152 valence electrons. The molecule has 0 spiro atoms. The van der Waals surface area contributed by atoms with E-state index in [0.717, 1.165) is 15.1 Å². The molecular formula is C19H16N6O4S. The van der Waals surface area contributed by atoms with Crippen LogP contribution in [0.25, 0.3) is 22.0 Å². The summed E-state index contributed by atoms with van der Waals surface area (Å²) in [5.41, 5.74) is 6.26. The Labute approximate surface area is 173 Å². The number of benzene rings is 1. The van der Waals surface area contributed by atoms with Gasteiger partial charge in [-0.3, -0.25) is 25.5 Å². The Morgan fingerprint density at radius 3 is 2.73 bits per heavy atom. The molecule has 0 aliphatic heterocycles. The zero-order valence-electron chi connectivity index (χ0n) is 15.5. The van der Waals surface area contributed by atoms with Crippen LogP contribution in [0, 0.1) is 0 Å². The van der Waals surface area contributed by atoms with E-state index in [1.165, 1.54) is 11.3 Å². The molecule has 0 aliphatic rings. The number of nitrogens with zero attached hydrogens (tertiary/aromatic N) is 3. The lowest BCUT2D eigenvalue weighted by atomic mass is 10.1. The Balaban J connectivity index is 1.29. The average Bonchev–Trinajstić information content (AvgIpc) is 3.52. The molecule has 30 heavy (non-hydrogen) atoms. The molecule has 0 saturated heterocycles. The predicted octanol–water partition coefficient (Wildman–Crippen LogP) is 1.81. The van der Waals surface area contributed by atoms with Crippen LogP contribution in [0.5, 0.6) is 0 Å². The lowest BCUT2D eigenvalue weighted by molar-refractivity contribution is -0.122. The fourth-order valence-electron chi connectivity index (χ4n) is 2.61. The molecule has 0 bridgehead atoms. The number of thiophene rings is 1. The number of aromatic nitrogens is 4. The minimum absolute atomic E-state index is 0.0115. The molecule has 0 unspecified atom stereocenters. The molecule has 0 radical (unpaired) electrons. The molecular weight excluding hydrogens is 408 g/mol.